The van der Waals surface area contributed by atoms with Crippen LogP contribution < -0.4 is 10.5 Å². The summed E-state index contributed by atoms with van der Waals surface area (Å²) in [5.41, 5.74) is 2.40. The number of fused-ring (bicyclic) bond motifs is 1. The van der Waals surface area contributed by atoms with E-state index >= 15 is 0 Å². The zero-order valence-corrected chi connectivity index (χ0v) is 15.9. The number of rotatable bonds is 3. The second-order valence-corrected chi connectivity index (χ2v) is 7.53. The average Bonchev–Trinajstić information content (AvgIpc) is 3.32. The second-order valence-electron chi connectivity index (χ2n) is 6.67. The van der Waals surface area contributed by atoms with Crippen molar-refractivity contribution in [2.75, 3.05) is 4.90 Å². The minimum absolute atomic E-state index is 0.203. The van der Waals surface area contributed by atoms with Crippen molar-refractivity contribution in [2.45, 2.75) is 12.8 Å². The van der Waals surface area contributed by atoms with Gasteiger partial charge in [0, 0.05) is 29.3 Å². The van der Waals surface area contributed by atoms with Crippen LogP contribution in [0.15, 0.2) is 69.2 Å². The zero-order chi connectivity index (χ0) is 20.0. The Balaban J connectivity index is 1.54. The molecule has 4 aromatic rings. The molecule has 7 heteroatoms. The molecular weight excluding hydrogens is 388 g/mol. The Bertz CT molecular complexity index is 1290. The van der Waals surface area contributed by atoms with Crippen LogP contribution in [-0.4, -0.2) is 16.8 Å². The maximum Gasteiger partial charge on any atom is 0.348 e. The molecule has 0 saturated carbocycles. The summed E-state index contributed by atoms with van der Waals surface area (Å²) in [5.74, 6) is -0.212. The van der Waals surface area contributed by atoms with E-state index in [2.05, 4.69) is 4.98 Å². The summed E-state index contributed by atoms with van der Waals surface area (Å²) >= 11 is 1.39. The molecule has 0 bridgehead atoms. The number of carbonyl (C=O) groups excluding carboxylic acids is 2. The number of carbonyl (C=O) groups is 2. The van der Waals surface area contributed by atoms with Crippen LogP contribution in [0.3, 0.4) is 0 Å². The van der Waals surface area contributed by atoms with Crippen molar-refractivity contribution in [1.29, 1.82) is 0 Å². The van der Waals surface area contributed by atoms with E-state index in [1.165, 1.54) is 16.2 Å². The van der Waals surface area contributed by atoms with Gasteiger partial charge >= 0.3 is 5.63 Å². The molecule has 3 heterocycles. The molecule has 2 aromatic carbocycles. The van der Waals surface area contributed by atoms with Gasteiger partial charge in [0.2, 0.25) is 17.7 Å². The Labute approximate surface area is 169 Å². The molecule has 29 heavy (non-hydrogen) atoms. The first-order valence-electron chi connectivity index (χ1n) is 9.06. The van der Waals surface area contributed by atoms with Crippen LogP contribution in [0.25, 0.3) is 32.8 Å². The van der Waals surface area contributed by atoms with Crippen molar-refractivity contribution in [1.82, 2.24) is 4.98 Å². The van der Waals surface area contributed by atoms with Gasteiger partial charge in [0.15, 0.2) is 0 Å². The minimum Gasteiger partial charge on any atom is -0.403 e. The van der Waals surface area contributed by atoms with E-state index in [-0.39, 0.29) is 30.5 Å². The molecule has 1 saturated heterocycles. The van der Waals surface area contributed by atoms with Gasteiger partial charge in [-0.15, -0.1) is 11.3 Å². The number of benzene rings is 2. The maximum atomic E-state index is 12.7. The van der Waals surface area contributed by atoms with Gasteiger partial charge < -0.3 is 4.42 Å². The number of aromatic nitrogens is 1. The normalized spacial score (nSPS) is 14.1. The van der Waals surface area contributed by atoms with Crippen molar-refractivity contribution in [3.05, 3.63) is 70.4 Å². The molecule has 142 valence electrons. The third-order valence-electron chi connectivity index (χ3n) is 4.88. The van der Waals surface area contributed by atoms with Crippen molar-refractivity contribution >= 4 is 39.1 Å². The molecule has 2 amide bonds. The fourth-order valence-corrected chi connectivity index (χ4v) is 4.38. The number of amides is 2. The Morgan fingerprint density at radius 3 is 2.24 bits per heavy atom. The van der Waals surface area contributed by atoms with Gasteiger partial charge in [-0.1, -0.05) is 30.3 Å². The molecular formula is C22H14N2O4S. The lowest BCUT2D eigenvalue weighted by molar-refractivity contribution is -0.121. The van der Waals surface area contributed by atoms with Gasteiger partial charge in [-0.25, -0.2) is 9.78 Å². The average molecular weight is 402 g/mol. The number of anilines is 1. The first kappa shape index (κ1) is 17.5. The summed E-state index contributed by atoms with van der Waals surface area (Å²) in [6.07, 6.45) is 0.464. The number of hydrogen-bond donors (Lipinski definition) is 0. The molecule has 1 aliphatic rings. The fourth-order valence-electron chi connectivity index (χ4n) is 3.45. The maximum absolute atomic E-state index is 12.7. The van der Waals surface area contributed by atoms with Crippen LogP contribution in [0.1, 0.15) is 12.8 Å². The van der Waals surface area contributed by atoms with Crippen LogP contribution in [0.5, 0.6) is 0 Å². The first-order valence-corrected chi connectivity index (χ1v) is 9.94. The van der Waals surface area contributed by atoms with Crippen LogP contribution in [0.4, 0.5) is 5.69 Å². The summed E-state index contributed by atoms with van der Waals surface area (Å²) in [5, 5.41) is 2.37. The van der Waals surface area contributed by atoms with Crippen LogP contribution in [0, 0.1) is 0 Å². The Kier molecular flexibility index (Phi) is 4.10. The number of imide groups is 1. The summed E-state index contributed by atoms with van der Waals surface area (Å²) in [6, 6.07) is 16.3. The van der Waals surface area contributed by atoms with E-state index in [9.17, 15) is 14.4 Å². The highest BCUT2D eigenvalue weighted by Crippen LogP contribution is 2.32. The standard InChI is InChI=1S/C22H14N2O4S/c25-17-10-11-18(26)24(17)15-8-6-14(7-9-15)20-23-21-19(22(27)28-20)16(12-29-21)13-4-2-1-3-5-13/h1-9,12H,10-11H2. The largest absolute Gasteiger partial charge is 0.403 e. The van der Waals surface area contributed by atoms with Gasteiger partial charge in [0.25, 0.3) is 0 Å². The third-order valence-corrected chi connectivity index (χ3v) is 5.75. The second kappa shape index (κ2) is 6.79. The Morgan fingerprint density at radius 1 is 0.862 bits per heavy atom. The van der Waals surface area contributed by atoms with E-state index in [0.29, 0.717) is 21.5 Å². The van der Waals surface area contributed by atoms with Gasteiger partial charge in [-0.05, 0) is 29.8 Å². The van der Waals surface area contributed by atoms with Crippen molar-refractivity contribution < 1.29 is 14.0 Å². The van der Waals surface area contributed by atoms with Crippen molar-refractivity contribution in [2.24, 2.45) is 0 Å². The fraction of sp³-hybridized carbons (Fsp3) is 0.0909. The van der Waals surface area contributed by atoms with Gasteiger partial charge in [-0.3, -0.25) is 14.5 Å². The third kappa shape index (κ3) is 2.96. The molecule has 2 aromatic heterocycles. The number of thiophene rings is 1. The molecule has 1 fully saturated rings. The molecule has 0 atom stereocenters. The Hall–Kier alpha value is -3.58. The molecule has 0 unspecified atom stereocenters. The van der Waals surface area contributed by atoms with Crippen molar-refractivity contribution in [3.63, 3.8) is 0 Å². The lowest BCUT2D eigenvalue weighted by Crippen LogP contribution is -2.28. The lowest BCUT2D eigenvalue weighted by atomic mass is 10.1. The van der Waals surface area contributed by atoms with E-state index in [0.717, 1.165) is 11.1 Å². The smallest absolute Gasteiger partial charge is 0.348 e. The molecule has 0 aliphatic carbocycles. The molecule has 0 radical (unpaired) electrons. The predicted octanol–water partition coefficient (Wildman–Crippen LogP) is 4.24. The monoisotopic (exact) mass is 402 g/mol. The SMILES string of the molecule is O=C1CCC(=O)N1c1ccc(-c2nc3scc(-c4ccccc4)c3c(=O)o2)cc1. The van der Waals surface area contributed by atoms with Crippen molar-refractivity contribution in [3.8, 4) is 22.6 Å². The highest BCUT2D eigenvalue weighted by molar-refractivity contribution is 7.17. The van der Waals surface area contributed by atoms with Crippen LogP contribution in [-0.2, 0) is 9.59 Å². The minimum atomic E-state index is -0.445. The van der Waals surface area contributed by atoms with Gasteiger partial charge in [-0.2, -0.15) is 0 Å². The molecule has 1 aliphatic heterocycles. The van der Waals surface area contributed by atoms with Crippen LogP contribution >= 0.6 is 11.3 Å². The summed E-state index contributed by atoms with van der Waals surface area (Å²) in [4.78, 5) is 42.8. The Morgan fingerprint density at radius 2 is 1.55 bits per heavy atom. The van der Waals surface area contributed by atoms with E-state index in [1.54, 1.807) is 24.3 Å². The molecule has 0 N–H and O–H groups in total. The van der Waals surface area contributed by atoms with E-state index in [1.807, 2.05) is 35.7 Å². The molecule has 6 nitrogen and oxygen atoms in total. The summed E-state index contributed by atoms with van der Waals surface area (Å²) in [6.45, 7) is 0. The molecule has 5 rings (SSSR count). The highest BCUT2D eigenvalue weighted by Gasteiger charge is 2.30. The quantitative estimate of drug-likeness (QED) is 0.479. The first-order chi connectivity index (χ1) is 14.1. The van der Waals surface area contributed by atoms with Gasteiger partial charge in [0.05, 0.1) is 5.69 Å². The van der Waals surface area contributed by atoms with Gasteiger partial charge in [0.1, 0.15) is 10.2 Å². The number of nitrogens with zero attached hydrogens (tertiary/aromatic N) is 2. The zero-order valence-electron chi connectivity index (χ0n) is 15.1. The topological polar surface area (TPSA) is 80.5 Å². The predicted molar refractivity (Wildman–Crippen MR) is 111 cm³/mol. The van der Waals surface area contributed by atoms with E-state index < -0.39 is 5.63 Å². The van der Waals surface area contributed by atoms with E-state index in [4.69, 9.17) is 4.42 Å². The summed E-state index contributed by atoms with van der Waals surface area (Å²) in [7, 11) is 0. The molecule has 0 spiro atoms. The highest BCUT2D eigenvalue weighted by atomic mass is 32.1. The summed E-state index contributed by atoms with van der Waals surface area (Å²) < 4.78 is 5.50. The number of hydrogen-bond acceptors (Lipinski definition) is 6. The van der Waals surface area contributed by atoms with Crippen LogP contribution in [0.2, 0.25) is 0 Å². The lowest BCUT2D eigenvalue weighted by Gasteiger charge is -2.13.